The van der Waals surface area contributed by atoms with Gasteiger partial charge < -0.3 is 0 Å². The first-order chi connectivity index (χ1) is 4.61. The molecule has 1 saturated heterocycles. The summed E-state index contributed by atoms with van der Waals surface area (Å²) >= 11 is 5.89. The minimum absolute atomic E-state index is 0.243. The molecule has 60 valence electrons. The van der Waals surface area contributed by atoms with E-state index < -0.39 is 0 Å². The summed E-state index contributed by atoms with van der Waals surface area (Å²) in [5.41, 5.74) is 0. The van der Waals surface area contributed by atoms with E-state index in [4.69, 9.17) is 11.8 Å². The number of rotatable bonds is 0. The van der Waals surface area contributed by atoms with Crippen LogP contribution in [0.3, 0.4) is 0 Å². The van der Waals surface area contributed by atoms with Crippen LogP contribution in [0.4, 0.5) is 0 Å². The van der Waals surface area contributed by atoms with E-state index in [1.807, 2.05) is 13.8 Å². The zero-order valence-electron chi connectivity index (χ0n) is 6.56. The standard InChI is InChI=1S/C6H14ClN3/c1-4-8-5(2)10(7)6(3)9-4/h4-6,8-9H,1-3H3/t4?,5-,6+. The van der Waals surface area contributed by atoms with Gasteiger partial charge in [-0.05, 0) is 32.5 Å². The maximum atomic E-state index is 5.89. The molecule has 0 aliphatic carbocycles. The molecular formula is C6H14ClN3. The highest BCUT2D eigenvalue weighted by atomic mass is 35.5. The van der Waals surface area contributed by atoms with Crippen LogP contribution >= 0.6 is 11.8 Å². The molecule has 0 aromatic heterocycles. The van der Waals surface area contributed by atoms with Gasteiger partial charge in [0.25, 0.3) is 0 Å². The Morgan fingerprint density at radius 1 is 1.10 bits per heavy atom. The van der Waals surface area contributed by atoms with Crippen molar-refractivity contribution in [2.75, 3.05) is 0 Å². The average molecular weight is 164 g/mol. The van der Waals surface area contributed by atoms with E-state index in [0.29, 0.717) is 6.17 Å². The van der Waals surface area contributed by atoms with Crippen molar-refractivity contribution in [3.63, 3.8) is 0 Å². The van der Waals surface area contributed by atoms with Crippen LogP contribution in [0, 0.1) is 0 Å². The third-order valence-electron chi connectivity index (χ3n) is 1.72. The highest BCUT2D eigenvalue weighted by Gasteiger charge is 2.25. The third-order valence-corrected chi connectivity index (χ3v) is 2.31. The van der Waals surface area contributed by atoms with Crippen LogP contribution in [0.5, 0.6) is 0 Å². The lowest BCUT2D eigenvalue weighted by atomic mass is 10.3. The first-order valence-electron chi connectivity index (χ1n) is 3.57. The molecule has 4 heteroatoms. The smallest absolute Gasteiger partial charge is 0.0743 e. The van der Waals surface area contributed by atoms with Gasteiger partial charge in [-0.25, -0.2) is 0 Å². The lowest BCUT2D eigenvalue weighted by Gasteiger charge is -2.38. The van der Waals surface area contributed by atoms with Gasteiger partial charge in [0.05, 0.1) is 18.5 Å². The van der Waals surface area contributed by atoms with Crippen molar-refractivity contribution >= 4 is 11.8 Å². The Kier molecular flexibility index (Phi) is 2.52. The summed E-state index contributed by atoms with van der Waals surface area (Å²) in [4.78, 5) is 0. The zero-order chi connectivity index (χ0) is 7.72. The van der Waals surface area contributed by atoms with Gasteiger partial charge in [0.2, 0.25) is 0 Å². The Hall–Kier alpha value is 0.170. The van der Waals surface area contributed by atoms with Gasteiger partial charge in [0.1, 0.15) is 0 Å². The fourth-order valence-corrected chi connectivity index (χ4v) is 1.36. The predicted octanol–water partition coefficient (Wildman–Crippen LogP) is 0.673. The molecule has 0 saturated carbocycles. The summed E-state index contributed by atoms with van der Waals surface area (Å²) in [5.74, 6) is 0. The summed E-state index contributed by atoms with van der Waals surface area (Å²) < 4.78 is 1.74. The molecular weight excluding hydrogens is 150 g/mol. The molecule has 0 spiro atoms. The van der Waals surface area contributed by atoms with Gasteiger partial charge in [-0.15, -0.1) is 0 Å². The Morgan fingerprint density at radius 2 is 1.50 bits per heavy atom. The molecule has 1 aliphatic heterocycles. The van der Waals surface area contributed by atoms with Crippen molar-refractivity contribution in [3.8, 4) is 0 Å². The highest BCUT2D eigenvalue weighted by molar-refractivity contribution is 6.13. The molecule has 1 fully saturated rings. The second-order valence-electron chi connectivity index (χ2n) is 2.75. The largest absolute Gasteiger partial charge is 0.286 e. The van der Waals surface area contributed by atoms with Crippen LogP contribution in [0.1, 0.15) is 20.8 Å². The quantitative estimate of drug-likeness (QED) is 0.515. The molecule has 0 bridgehead atoms. The Balaban J connectivity index is 2.49. The molecule has 0 aromatic carbocycles. The van der Waals surface area contributed by atoms with Crippen LogP contribution in [0.25, 0.3) is 0 Å². The number of hydrogen-bond donors (Lipinski definition) is 2. The molecule has 2 N–H and O–H groups in total. The SMILES string of the molecule is CC1N[C@@H](C)N(Cl)[C@@H](C)N1. The van der Waals surface area contributed by atoms with E-state index in [9.17, 15) is 0 Å². The molecule has 1 rings (SSSR count). The Morgan fingerprint density at radius 3 is 1.90 bits per heavy atom. The van der Waals surface area contributed by atoms with Gasteiger partial charge in [0, 0.05) is 0 Å². The molecule has 3 nitrogen and oxygen atoms in total. The van der Waals surface area contributed by atoms with Crippen LogP contribution in [0.2, 0.25) is 0 Å². The van der Waals surface area contributed by atoms with Crippen molar-refractivity contribution in [2.45, 2.75) is 39.3 Å². The van der Waals surface area contributed by atoms with Gasteiger partial charge in [-0.1, -0.05) is 0 Å². The number of nitrogens with zero attached hydrogens (tertiary/aromatic N) is 1. The molecule has 1 unspecified atom stereocenters. The predicted molar refractivity (Wildman–Crippen MR) is 42.3 cm³/mol. The van der Waals surface area contributed by atoms with Crippen molar-refractivity contribution in [2.24, 2.45) is 0 Å². The van der Waals surface area contributed by atoms with Crippen LogP contribution < -0.4 is 10.6 Å². The fraction of sp³-hybridized carbons (Fsp3) is 1.00. The van der Waals surface area contributed by atoms with E-state index in [-0.39, 0.29) is 12.3 Å². The van der Waals surface area contributed by atoms with Crippen molar-refractivity contribution in [1.82, 2.24) is 15.1 Å². The lowest BCUT2D eigenvalue weighted by molar-refractivity contribution is 0.128. The summed E-state index contributed by atoms with van der Waals surface area (Å²) in [6, 6.07) is 0. The molecule has 1 heterocycles. The Labute approximate surface area is 66.8 Å². The number of nitrogens with one attached hydrogen (secondary N) is 2. The monoisotopic (exact) mass is 163 g/mol. The topological polar surface area (TPSA) is 27.3 Å². The summed E-state index contributed by atoms with van der Waals surface area (Å²) in [5, 5.41) is 6.48. The van der Waals surface area contributed by atoms with Gasteiger partial charge in [-0.3, -0.25) is 10.6 Å². The number of halogens is 1. The van der Waals surface area contributed by atoms with Crippen LogP contribution in [-0.4, -0.2) is 22.9 Å². The summed E-state index contributed by atoms with van der Waals surface area (Å²) in [7, 11) is 0. The van der Waals surface area contributed by atoms with Crippen molar-refractivity contribution < 1.29 is 0 Å². The van der Waals surface area contributed by atoms with Crippen molar-refractivity contribution in [3.05, 3.63) is 0 Å². The van der Waals surface area contributed by atoms with E-state index in [1.54, 1.807) is 4.42 Å². The molecule has 10 heavy (non-hydrogen) atoms. The maximum Gasteiger partial charge on any atom is 0.0743 e. The average Bonchev–Trinajstić information content (AvgIpc) is 1.82. The molecule has 3 atom stereocenters. The van der Waals surface area contributed by atoms with E-state index in [0.717, 1.165) is 0 Å². The molecule has 0 aromatic rings. The van der Waals surface area contributed by atoms with Gasteiger partial charge in [0.15, 0.2) is 0 Å². The van der Waals surface area contributed by atoms with Crippen LogP contribution in [-0.2, 0) is 0 Å². The third kappa shape index (κ3) is 1.61. The minimum atomic E-state index is 0.243. The summed E-state index contributed by atoms with van der Waals surface area (Å²) in [6.45, 7) is 6.17. The van der Waals surface area contributed by atoms with E-state index in [2.05, 4.69) is 17.6 Å². The normalized spacial score (nSPS) is 43.8. The second-order valence-corrected chi connectivity index (χ2v) is 3.14. The first-order valence-corrected chi connectivity index (χ1v) is 3.91. The van der Waals surface area contributed by atoms with Gasteiger partial charge in [-0.2, -0.15) is 4.42 Å². The molecule has 1 aliphatic rings. The van der Waals surface area contributed by atoms with E-state index >= 15 is 0 Å². The van der Waals surface area contributed by atoms with Crippen molar-refractivity contribution in [1.29, 1.82) is 0 Å². The molecule has 0 radical (unpaired) electrons. The van der Waals surface area contributed by atoms with E-state index in [1.165, 1.54) is 0 Å². The lowest BCUT2D eigenvalue weighted by Crippen LogP contribution is -2.62. The first kappa shape index (κ1) is 8.27. The zero-order valence-corrected chi connectivity index (χ0v) is 7.31. The fourth-order valence-electron chi connectivity index (χ4n) is 1.25. The van der Waals surface area contributed by atoms with Crippen LogP contribution in [0.15, 0.2) is 0 Å². The number of hydrogen-bond acceptors (Lipinski definition) is 3. The van der Waals surface area contributed by atoms with Gasteiger partial charge >= 0.3 is 0 Å². The molecule has 0 amide bonds. The minimum Gasteiger partial charge on any atom is -0.286 e. The highest BCUT2D eigenvalue weighted by Crippen LogP contribution is 2.09. The maximum absolute atomic E-state index is 5.89. The summed E-state index contributed by atoms with van der Waals surface area (Å²) in [6.07, 6.45) is 0.834. The Bertz CT molecular complexity index is 108. The second kappa shape index (κ2) is 3.05.